The molecule has 7 heavy (non-hydrogen) atoms. The summed E-state index contributed by atoms with van der Waals surface area (Å²) in [5.41, 5.74) is -0.814. The Labute approximate surface area is 63.7 Å². The standard InChI is InChI=1S/CH7Cl3Si3/c2-7(3,4)6-1-5/h1,6H2,5H3. The van der Waals surface area contributed by atoms with Crippen molar-refractivity contribution in [1.29, 1.82) is 0 Å². The van der Waals surface area contributed by atoms with Gasteiger partial charge in [0.05, 0.1) is 9.04 Å². The summed E-state index contributed by atoms with van der Waals surface area (Å²) in [7, 11) is 0.970. The number of hydrogen-bond donors (Lipinski definition) is 0. The van der Waals surface area contributed by atoms with Crippen LogP contribution in [-0.2, 0) is 0 Å². The van der Waals surface area contributed by atoms with E-state index in [1.54, 1.807) is 0 Å². The molecule has 0 spiro atoms. The normalized spacial score (nSPS) is 14.1. The van der Waals surface area contributed by atoms with Gasteiger partial charge in [-0.05, 0) is 10.2 Å². The molecule has 0 bridgehead atoms. The minimum Gasteiger partial charge on any atom is -0.131 e. The molecule has 6 heteroatoms. The van der Waals surface area contributed by atoms with Crippen LogP contribution in [0, 0.1) is 0 Å². The van der Waals surface area contributed by atoms with Gasteiger partial charge < -0.3 is 0 Å². The van der Waals surface area contributed by atoms with E-state index in [1.807, 2.05) is 0 Å². The van der Waals surface area contributed by atoms with Crippen LogP contribution < -0.4 is 0 Å². The second-order valence-corrected chi connectivity index (χ2v) is 23.4. The Morgan fingerprint density at radius 2 is 1.86 bits per heavy atom. The fourth-order valence-corrected chi connectivity index (χ4v) is 23.0. The van der Waals surface area contributed by atoms with Crippen molar-refractivity contribution in [2.75, 3.05) is 0 Å². The zero-order valence-corrected chi connectivity index (χ0v) is 10.7. The van der Waals surface area contributed by atoms with Crippen LogP contribution in [0.5, 0.6) is 0 Å². The van der Waals surface area contributed by atoms with Crippen molar-refractivity contribution in [3.63, 3.8) is 0 Å². The SMILES string of the molecule is [SiH3]C[SiH2][Si](Cl)(Cl)Cl. The van der Waals surface area contributed by atoms with Crippen LogP contribution >= 0.6 is 33.2 Å². The molecule has 0 saturated carbocycles. The first kappa shape index (κ1) is 8.52. The van der Waals surface area contributed by atoms with Gasteiger partial charge in [-0.1, -0.05) is 5.67 Å². The van der Waals surface area contributed by atoms with Crippen molar-refractivity contribution in [3.05, 3.63) is 0 Å². The third-order valence-corrected chi connectivity index (χ3v) is 14.4. The van der Waals surface area contributed by atoms with Crippen LogP contribution in [-0.4, -0.2) is 24.8 Å². The average molecular weight is 210 g/mol. The first-order chi connectivity index (χ1) is 3.06. The molecule has 0 aromatic heterocycles. The predicted molar refractivity (Wildman–Crippen MR) is 46.6 cm³/mol. The Morgan fingerprint density at radius 3 is 1.86 bits per heavy atom. The minimum atomic E-state index is -2.07. The Balaban J connectivity index is 3.15. The highest BCUT2D eigenvalue weighted by Gasteiger charge is 2.22. The molecule has 44 valence electrons. The van der Waals surface area contributed by atoms with Gasteiger partial charge in [0, 0.05) is 0 Å². The van der Waals surface area contributed by atoms with Crippen LogP contribution in [0.4, 0.5) is 0 Å². The summed E-state index contributed by atoms with van der Waals surface area (Å²) in [5.74, 6) is 0. The minimum absolute atomic E-state index is 0.243. The number of halogens is 3. The topological polar surface area (TPSA) is 0 Å². The Morgan fingerprint density at radius 1 is 1.43 bits per heavy atom. The van der Waals surface area contributed by atoms with E-state index < -0.39 is 5.52 Å². The van der Waals surface area contributed by atoms with Gasteiger partial charge in [0.25, 0.3) is 0 Å². The molecular formula is CH7Cl3Si3. The lowest BCUT2D eigenvalue weighted by Gasteiger charge is -2.01. The molecular weight excluding hydrogens is 203 g/mol. The van der Waals surface area contributed by atoms with Gasteiger partial charge >= 0.3 is 5.52 Å². The molecule has 0 unspecified atom stereocenters. The fourth-order valence-electron chi connectivity index (χ4n) is 0.283. The summed E-state index contributed by atoms with van der Waals surface area (Å²) in [4.78, 5) is 0. The Hall–Kier alpha value is 1.52. The smallest absolute Gasteiger partial charge is 0.131 e. The first-order valence-electron chi connectivity index (χ1n) is 2.13. The van der Waals surface area contributed by atoms with Gasteiger partial charge in [0.1, 0.15) is 0 Å². The highest BCUT2D eigenvalue weighted by Crippen LogP contribution is 2.17. The maximum atomic E-state index is 5.59. The van der Waals surface area contributed by atoms with E-state index in [-0.39, 0.29) is 9.04 Å². The number of rotatable bonds is 2. The van der Waals surface area contributed by atoms with Crippen molar-refractivity contribution in [2.45, 2.75) is 5.67 Å². The van der Waals surface area contributed by atoms with E-state index in [0.29, 0.717) is 0 Å². The van der Waals surface area contributed by atoms with Crippen molar-refractivity contribution in [2.24, 2.45) is 0 Å². The van der Waals surface area contributed by atoms with Gasteiger partial charge in [0.15, 0.2) is 0 Å². The molecule has 0 N–H and O–H groups in total. The van der Waals surface area contributed by atoms with Crippen LogP contribution in [0.15, 0.2) is 0 Å². The second kappa shape index (κ2) is 3.53. The van der Waals surface area contributed by atoms with Crippen LogP contribution in [0.25, 0.3) is 0 Å². The monoisotopic (exact) mass is 208 g/mol. The Bertz CT molecular complexity index is 48.6. The molecule has 0 radical (unpaired) electrons. The molecule has 0 aliphatic heterocycles. The van der Waals surface area contributed by atoms with Crippen LogP contribution in [0.2, 0.25) is 5.67 Å². The Kier molecular flexibility index (Phi) is 4.29. The molecule has 0 amide bonds. The van der Waals surface area contributed by atoms with Gasteiger partial charge in [-0.15, -0.1) is 33.2 Å². The lowest BCUT2D eigenvalue weighted by molar-refractivity contribution is 2.11. The molecule has 0 atom stereocenters. The third-order valence-electron chi connectivity index (χ3n) is 0.533. The lowest BCUT2D eigenvalue weighted by atomic mass is 11.9. The molecule has 0 rings (SSSR count). The maximum Gasteiger partial charge on any atom is 0.317 e. The van der Waals surface area contributed by atoms with Crippen molar-refractivity contribution >= 4 is 58.0 Å². The highest BCUT2D eigenvalue weighted by atomic mass is 35.8. The van der Waals surface area contributed by atoms with Gasteiger partial charge in [-0.3, -0.25) is 0 Å². The molecule has 0 nitrogen and oxygen atoms in total. The fraction of sp³-hybridized carbons (Fsp3) is 1.00. The van der Waals surface area contributed by atoms with E-state index in [4.69, 9.17) is 33.2 Å². The zero-order valence-electron chi connectivity index (χ0n) is 4.05. The average Bonchev–Trinajstić information content (AvgIpc) is 1.30. The summed E-state index contributed by atoms with van der Waals surface area (Å²) in [5, 5.41) is 0. The van der Waals surface area contributed by atoms with Gasteiger partial charge in [-0.25, -0.2) is 0 Å². The van der Waals surface area contributed by atoms with Crippen molar-refractivity contribution in [3.8, 4) is 0 Å². The lowest BCUT2D eigenvalue weighted by Crippen LogP contribution is -2.20. The molecule has 0 aliphatic rings. The number of hydrogen-bond acceptors (Lipinski definition) is 0. The summed E-state index contributed by atoms with van der Waals surface area (Å²) >= 11 is 16.8. The molecule has 0 heterocycles. The maximum absolute atomic E-state index is 5.59. The molecule has 0 aromatic rings. The summed E-state index contributed by atoms with van der Waals surface area (Å²) in [6.45, 7) is 0. The highest BCUT2D eigenvalue weighted by molar-refractivity contribution is 7.82. The van der Waals surface area contributed by atoms with E-state index >= 15 is 0 Å². The van der Waals surface area contributed by atoms with E-state index in [0.717, 1.165) is 0 Å². The van der Waals surface area contributed by atoms with Gasteiger partial charge in [-0.2, -0.15) is 0 Å². The largest absolute Gasteiger partial charge is 0.317 e. The molecule has 0 fully saturated rings. The zero-order chi connectivity index (χ0) is 5.91. The van der Waals surface area contributed by atoms with Crippen molar-refractivity contribution < 1.29 is 0 Å². The third kappa shape index (κ3) is 7.52. The van der Waals surface area contributed by atoms with E-state index in [2.05, 4.69) is 0 Å². The molecule has 0 aliphatic carbocycles. The molecule has 0 aromatic carbocycles. The van der Waals surface area contributed by atoms with Gasteiger partial charge in [0.2, 0.25) is 0 Å². The van der Waals surface area contributed by atoms with Crippen LogP contribution in [0.3, 0.4) is 0 Å². The van der Waals surface area contributed by atoms with E-state index in [9.17, 15) is 0 Å². The second-order valence-electron chi connectivity index (χ2n) is 1.37. The molecule has 0 saturated heterocycles. The van der Waals surface area contributed by atoms with Crippen molar-refractivity contribution in [1.82, 2.24) is 0 Å². The quantitative estimate of drug-likeness (QED) is 0.446. The van der Waals surface area contributed by atoms with Crippen LogP contribution in [0.1, 0.15) is 0 Å². The summed E-state index contributed by atoms with van der Waals surface area (Å²) in [6.07, 6.45) is 0. The summed E-state index contributed by atoms with van der Waals surface area (Å²) < 4.78 is 0. The first-order valence-corrected chi connectivity index (χ1v) is 11.9. The van der Waals surface area contributed by atoms with E-state index in [1.165, 1.54) is 15.9 Å². The predicted octanol–water partition coefficient (Wildman–Crippen LogP) is 0.0484. The summed E-state index contributed by atoms with van der Waals surface area (Å²) in [6, 6.07) is 0.